The zero-order valence-electron chi connectivity index (χ0n) is 52.6. The van der Waals surface area contributed by atoms with Gasteiger partial charge in [-0.1, -0.05) is 267 Å². The van der Waals surface area contributed by atoms with E-state index in [2.05, 4.69) is 86.8 Å². The Labute approximate surface area is 489 Å². The first-order valence-corrected chi connectivity index (χ1v) is 34.7. The van der Waals surface area contributed by atoms with Crippen molar-refractivity contribution in [1.82, 2.24) is 5.32 Å². The van der Waals surface area contributed by atoms with Crippen LogP contribution < -0.4 is 10.2 Å². The highest BCUT2D eigenvalue weighted by molar-refractivity contribution is 7.45. The Morgan fingerprint density at radius 3 is 1.25 bits per heavy atom. The van der Waals surface area contributed by atoms with Gasteiger partial charge in [0.05, 0.1) is 33.8 Å². The van der Waals surface area contributed by atoms with Crippen LogP contribution in [0.2, 0.25) is 0 Å². The number of amides is 1. The lowest BCUT2D eigenvalue weighted by Crippen LogP contribution is -2.47. The molecule has 0 rings (SSSR count). The van der Waals surface area contributed by atoms with Gasteiger partial charge < -0.3 is 28.5 Å². The van der Waals surface area contributed by atoms with E-state index >= 15 is 0 Å². The van der Waals surface area contributed by atoms with Gasteiger partial charge in [-0.05, 0) is 96.0 Å². The maximum absolute atomic E-state index is 13.5. The molecule has 0 spiro atoms. The predicted molar refractivity (Wildman–Crippen MR) is 339 cm³/mol. The molecule has 79 heavy (non-hydrogen) atoms. The average Bonchev–Trinajstić information content (AvgIpc) is 3.41. The van der Waals surface area contributed by atoms with E-state index in [1.54, 1.807) is 0 Å². The third kappa shape index (κ3) is 59.9. The quantitative estimate of drug-likeness (QED) is 0.0161. The summed E-state index contributed by atoms with van der Waals surface area (Å²) in [6, 6.07) is -0.896. The van der Waals surface area contributed by atoms with Crippen LogP contribution in [0.15, 0.2) is 72.9 Å². The molecule has 0 saturated heterocycles. The highest BCUT2D eigenvalue weighted by Gasteiger charge is 2.27. The van der Waals surface area contributed by atoms with Crippen molar-refractivity contribution in [2.45, 2.75) is 315 Å². The Balaban J connectivity index is 5.02. The Bertz CT molecular complexity index is 1580. The minimum Gasteiger partial charge on any atom is -0.756 e. The van der Waals surface area contributed by atoms with Gasteiger partial charge in [-0.2, -0.15) is 0 Å². The Morgan fingerprint density at radius 1 is 0.456 bits per heavy atom. The molecule has 0 aliphatic rings. The van der Waals surface area contributed by atoms with E-state index in [9.17, 15) is 19.0 Å². The second-order valence-corrected chi connectivity index (χ2v) is 25.1. The van der Waals surface area contributed by atoms with Gasteiger partial charge in [-0.3, -0.25) is 14.2 Å². The number of esters is 1. The van der Waals surface area contributed by atoms with E-state index < -0.39 is 26.6 Å². The molecule has 9 nitrogen and oxygen atoms in total. The smallest absolute Gasteiger partial charge is 0.306 e. The molecule has 0 aromatic carbocycles. The van der Waals surface area contributed by atoms with Crippen molar-refractivity contribution in [2.24, 2.45) is 0 Å². The number of likely N-dealkylation sites (N-methyl/N-ethyl adjacent to an activating group) is 1. The zero-order valence-corrected chi connectivity index (χ0v) is 53.5. The van der Waals surface area contributed by atoms with Crippen LogP contribution in [-0.4, -0.2) is 69.4 Å². The van der Waals surface area contributed by atoms with Crippen LogP contribution in [0.5, 0.6) is 0 Å². The fourth-order valence-electron chi connectivity index (χ4n) is 9.46. The third-order valence-electron chi connectivity index (χ3n) is 14.6. The number of hydrogen-bond acceptors (Lipinski definition) is 7. The van der Waals surface area contributed by atoms with Crippen molar-refractivity contribution < 1.29 is 37.3 Å². The molecule has 3 atom stereocenters. The number of phosphoric acid groups is 1. The summed E-state index contributed by atoms with van der Waals surface area (Å²) in [5.41, 5.74) is 0. The standard InChI is InChI=1S/C69H127N2O7P/c1-7-10-13-16-19-22-25-27-29-30-31-32-33-34-35-36-37-38-39-40-42-44-47-50-53-56-59-62-69(73)78-67(60-57-54-51-48-45-24-21-18-15-12-9-3)66(65-77-79(74,75)76-64-63-71(4,5)6)70-68(72)61-58-55-52-49-46-43-41-28-26-23-20-17-14-11-8-2/h19-20,22-23,26-29,31-32,57,60,66-67H,7-18,21,24-25,30,33-56,58-59,61-65H2,1-6H3,(H-,70,72,74,75)/b22-19-,23-20+,28-26+,29-27-,32-31-,60-57-. The summed E-state index contributed by atoms with van der Waals surface area (Å²) in [6.45, 7) is 6.79. The van der Waals surface area contributed by atoms with Crippen LogP contribution in [0.1, 0.15) is 303 Å². The first kappa shape index (κ1) is 76.5. The lowest BCUT2D eigenvalue weighted by atomic mass is 10.0. The summed E-state index contributed by atoms with van der Waals surface area (Å²) in [7, 11) is 1.18. The second kappa shape index (κ2) is 58.6. The van der Waals surface area contributed by atoms with Gasteiger partial charge in [0.15, 0.2) is 0 Å². The van der Waals surface area contributed by atoms with Crippen molar-refractivity contribution in [2.75, 3.05) is 40.9 Å². The summed E-state index contributed by atoms with van der Waals surface area (Å²) in [6.07, 6.45) is 75.9. The molecule has 0 bridgehead atoms. The monoisotopic (exact) mass is 1130 g/mol. The molecule has 3 unspecified atom stereocenters. The molecule has 0 radical (unpaired) electrons. The Morgan fingerprint density at radius 2 is 0.810 bits per heavy atom. The highest BCUT2D eigenvalue weighted by atomic mass is 31.2. The Hall–Kier alpha value is -2.55. The first-order valence-electron chi connectivity index (χ1n) is 33.3. The summed E-state index contributed by atoms with van der Waals surface area (Å²) in [4.78, 5) is 40.0. The number of hydrogen-bond donors (Lipinski definition) is 1. The maximum Gasteiger partial charge on any atom is 0.306 e. The lowest BCUT2D eigenvalue weighted by molar-refractivity contribution is -0.870. The number of nitrogens with one attached hydrogen (secondary N) is 1. The number of rotatable bonds is 60. The molecule has 1 amide bonds. The fourth-order valence-corrected chi connectivity index (χ4v) is 10.2. The molecule has 0 aromatic rings. The number of phosphoric ester groups is 1. The van der Waals surface area contributed by atoms with Crippen LogP contribution in [0.3, 0.4) is 0 Å². The number of quaternary nitrogens is 1. The van der Waals surface area contributed by atoms with Crippen LogP contribution in [-0.2, 0) is 27.9 Å². The molecule has 10 heteroatoms. The van der Waals surface area contributed by atoms with E-state index in [1.165, 1.54) is 167 Å². The van der Waals surface area contributed by atoms with Gasteiger partial charge in [0.25, 0.3) is 7.82 Å². The van der Waals surface area contributed by atoms with Crippen molar-refractivity contribution in [3.63, 3.8) is 0 Å². The SMILES string of the molecule is CCCCC/C=C\C/C=C\C/C=C\CCCCCCCCCCCCCCCCC(=O)OC(/C=C\CCCCCCCCCCC)C(COP(=O)([O-])OCC[N+](C)(C)C)NC(=O)CCCCCCCC/C=C/C=C/CCCCC. The first-order chi connectivity index (χ1) is 38.4. The van der Waals surface area contributed by atoms with Gasteiger partial charge in [-0.15, -0.1) is 0 Å². The van der Waals surface area contributed by atoms with Crippen molar-refractivity contribution in [3.8, 4) is 0 Å². The van der Waals surface area contributed by atoms with Crippen LogP contribution in [0.25, 0.3) is 0 Å². The highest BCUT2D eigenvalue weighted by Crippen LogP contribution is 2.38. The predicted octanol–water partition coefficient (Wildman–Crippen LogP) is 20.2. The van der Waals surface area contributed by atoms with Gasteiger partial charge in [0, 0.05) is 12.8 Å². The minimum atomic E-state index is -4.70. The third-order valence-corrected chi connectivity index (χ3v) is 15.6. The lowest BCUT2D eigenvalue weighted by Gasteiger charge is -2.30. The van der Waals surface area contributed by atoms with Crippen LogP contribution >= 0.6 is 7.82 Å². The number of carbonyl (C=O) groups is 2. The zero-order chi connectivity index (χ0) is 57.9. The molecule has 0 saturated carbocycles. The van der Waals surface area contributed by atoms with Crippen LogP contribution in [0.4, 0.5) is 0 Å². The van der Waals surface area contributed by atoms with Crippen molar-refractivity contribution in [1.29, 1.82) is 0 Å². The molecule has 0 fully saturated rings. The Kier molecular flexibility index (Phi) is 56.7. The maximum atomic E-state index is 13.5. The molecule has 0 heterocycles. The molecular formula is C69H127N2O7P. The van der Waals surface area contributed by atoms with Gasteiger partial charge >= 0.3 is 5.97 Å². The molecule has 0 aliphatic heterocycles. The number of allylic oxidation sites excluding steroid dienone is 11. The number of nitrogens with zero attached hydrogens (tertiary/aromatic N) is 1. The number of unbranched alkanes of at least 4 members (excludes halogenated alkanes) is 35. The van der Waals surface area contributed by atoms with Gasteiger partial charge in [0.2, 0.25) is 5.91 Å². The normalized spacial score (nSPS) is 14.1. The summed E-state index contributed by atoms with van der Waals surface area (Å²) in [5, 5.41) is 3.02. The van der Waals surface area contributed by atoms with Crippen molar-refractivity contribution in [3.05, 3.63) is 72.9 Å². The van der Waals surface area contributed by atoms with E-state index in [0.717, 1.165) is 103 Å². The van der Waals surface area contributed by atoms with E-state index in [1.807, 2.05) is 33.3 Å². The minimum absolute atomic E-state index is 0.0261. The van der Waals surface area contributed by atoms with Crippen LogP contribution in [0, 0.1) is 0 Å². The number of carbonyl (C=O) groups excluding carboxylic acids is 2. The fraction of sp³-hybridized carbons (Fsp3) is 0.797. The molecule has 0 aliphatic carbocycles. The van der Waals surface area contributed by atoms with Gasteiger partial charge in [0.1, 0.15) is 19.3 Å². The topological polar surface area (TPSA) is 114 Å². The molecule has 460 valence electrons. The molecule has 1 N–H and O–H groups in total. The second-order valence-electron chi connectivity index (χ2n) is 23.6. The van der Waals surface area contributed by atoms with E-state index in [-0.39, 0.29) is 24.9 Å². The number of ether oxygens (including phenoxy) is 1. The average molecular weight is 1130 g/mol. The molecular weight excluding hydrogens is 1000 g/mol. The van der Waals surface area contributed by atoms with E-state index in [0.29, 0.717) is 17.4 Å². The van der Waals surface area contributed by atoms with E-state index in [4.69, 9.17) is 13.8 Å². The summed E-state index contributed by atoms with van der Waals surface area (Å²) < 4.78 is 30.3. The summed E-state index contributed by atoms with van der Waals surface area (Å²) >= 11 is 0. The largest absolute Gasteiger partial charge is 0.756 e. The molecule has 0 aromatic heterocycles. The van der Waals surface area contributed by atoms with Gasteiger partial charge in [-0.25, -0.2) is 0 Å². The summed E-state index contributed by atoms with van der Waals surface area (Å²) in [5.74, 6) is -0.550. The van der Waals surface area contributed by atoms with Crippen molar-refractivity contribution >= 4 is 19.7 Å².